The molecular formula is C10H14N6. The second kappa shape index (κ2) is 3.96. The predicted octanol–water partition coefficient (Wildman–Crippen LogP) is 1.14. The van der Waals surface area contributed by atoms with E-state index in [1.54, 1.807) is 12.4 Å². The van der Waals surface area contributed by atoms with Gasteiger partial charge in [-0.25, -0.2) is 4.98 Å². The predicted molar refractivity (Wildman–Crippen MR) is 58.1 cm³/mol. The molecule has 0 bridgehead atoms. The third-order valence-electron chi connectivity index (χ3n) is 2.80. The van der Waals surface area contributed by atoms with E-state index >= 15 is 0 Å². The fraction of sp³-hybridized carbons (Fsp3) is 0.500. The zero-order valence-electron chi connectivity index (χ0n) is 9.62. The van der Waals surface area contributed by atoms with Crippen LogP contribution >= 0.6 is 0 Å². The minimum atomic E-state index is 0.0478. The molecule has 2 rings (SSSR count). The van der Waals surface area contributed by atoms with Gasteiger partial charge >= 0.3 is 0 Å². The molecular weight excluding hydrogens is 204 g/mol. The molecule has 0 aliphatic carbocycles. The molecule has 16 heavy (non-hydrogen) atoms. The maximum atomic E-state index is 4.40. The van der Waals surface area contributed by atoms with Crippen molar-refractivity contribution in [3.05, 3.63) is 24.4 Å². The molecule has 0 spiro atoms. The minimum Gasteiger partial charge on any atom is -0.255 e. The van der Waals surface area contributed by atoms with E-state index in [0.717, 1.165) is 12.1 Å². The molecule has 0 saturated carbocycles. The van der Waals surface area contributed by atoms with Crippen LogP contribution in [0.5, 0.6) is 0 Å². The highest BCUT2D eigenvalue weighted by atomic mass is 15.5. The fourth-order valence-electron chi connectivity index (χ4n) is 1.24. The number of hydrogen-bond donors (Lipinski definition) is 0. The number of hydrogen-bond acceptors (Lipinski definition) is 5. The van der Waals surface area contributed by atoms with Crippen molar-refractivity contribution in [2.24, 2.45) is 0 Å². The smallest absolute Gasteiger partial charge is 0.175 e. The molecule has 6 nitrogen and oxygen atoms in total. The highest BCUT2D eigenvalue weighted by Crippen LogP contribution is 2.23. The van der Waals surface area contributed by atoms with Crippen LogP contribution < -0.4 is 0 Å². The van der Waals surface area contributed by atoms with E-state index in [-0.39, 0.29) is 5.41 Å². The van der Waals surface area contributed by atoms with Crippen molar-refractivity contribution in [3.63, 3.8) is 0 Å². The van der Waals surface area contributed by atoms with Crippen molar-refractivity contribution in [1.82, 2.24) is 30.2 Å². The van der Waals surface area contributed by atoms with E-state index in [4.69, 9.17) is 0 Å². The summed E-state index contributed by atoms with van der Waals surface area (Å²) < 4.78 is 1.48. The zero-order valence-corrected chi connectivity index (χ0v) is 9.62. The van der Waals surface area contributed by atoms with Crippen LogP contribution in [0.2, 0.25) is 0 Å². The van der Waals surface area contributed by atoms with Gasteiger partial charge in [-0.15, -0.1) is 5.10 Å². The van der Waals surface area contributed by atoms with E-state index in [0.29, 0.717) is 5.82 Å². The lowest BCUT2D eigenvalue weighted by Gasteiger charge is -2.21. The summed E-state index contributed by atoms with van der Waals surface area (Å²) in [6.45, 7) is 6.43. The lowest BCUT2D eigenvalue weighted by atomic mass is 9.87. The molecule has 6 heteroatoms. The molecule has 0 atom stereocenters. The molecule has 0 amide bonds. The quantitative estimate of drug-likeness (QED) is 0.772. The molecule has 0 saturated heterocycles. The van der Waals surface area contributed by atoms with E-state index < -0.39 is 0 Å². The molecule has 0 unspecified atom stereocenters. The summed E-state index contributed by atoms with van der Waals surface area (Å²) >= 11 is 0. The van der Waals surface area contributed by atoms with Crippen LogP contribution in [0.4, 0.5) is 0 Å². The van der Waals surface area contributed by atoms with Gasteiger partial charge in [0.05, 0.1) is 18.1 Å². The minimum absolute atomic E-state index is 0.0478. The van der Waals surface area contributed by atoms with Gasteiger partial charge in [0, 0.05) is 5.41 Å². The average Bonchev–Trinajstić information content (AvgIpc) is 2.83. The van der Waals surface area contributed by atoms with Crippen LogP contribution in [-0.2, 0) is 5.41 Å². The first-order valence-corrected chi connectivity index (χ1v) is 5.19. The van der Waals surface area contributed by atoms with Gasteiger partial charge < -0.3 is 0 Å². The van der Waals surface area contributed by atoms with Crippen molar-refractivity contribution in [1.29, 1.82) is 0 Å². The summed E-state index contributed by atoms with van der Waals surface area (Å²) in [6, 6.07) is 0. The SMILES string of the molecule is CCC(C)(C)c1cnc(-n2cnnn2)cn1. The topological polar surface area (TPSA) is 69.4 Å². The normalized spacial score (nSPS) is 11.7. The van der Waals surface area contributed by atoms with Gasteiger partial charge in [-0.2, -0.15) is 4.68 Å². The van der Waals surface area contributed by atoms with Crippen molar-refractivity contribution in [2.45, 2.75) is 32.6 Å². The molecule has 0 aliphatic heterocycles. The van der Waals surface area contributed by atoms with Crippen molar-refractivity contribution in [3.8, 4) is 5.82 Å². The summed E-state index contributed by atoms with van der Waals surface area (Å²) in [4.78, 5) is 8.69. The first-order valence-electron chi connectivity index (χ1n) is 5.19. The molecule has 84 valence electrons. The third-order valence-corrected chi connectivity index (χ3v) is 2.80. The van der Waals surface area contributed by atoms with Gasteiger partial charge in [0.15, 0.2) is 5.82 Å². The van der Waals surface area contributed by atoms with Gasteiger partial charge in [0.25, 0.3) is 0 Å². The molecule has 2 aromatic rings. The first-order chi connectivity index (χ1) is 7.63. The monoisotopic (exact) mass is 218 g/mol. The lowest BCUT2D eigenvalue weighted by molar-refractivity contribution is 0.487. The highest BCUT2D eigenvalue weighted by Gasteiger charge is 2.20. The Hall–Kier alpha value is -1.85. The Bertz CT molecular complexity index is 445. The van der Waals surface area contributed by atoms with Gasteiger partial charge in [0.2, 0.25) is 0 Å². The van der Waals surface area contributed by atoms with Crippen LogP contribution in [0.1, 0.15) is 32.9 Å². The zero-order chi connectivity index (χ0) is 11.6. The van der Waals surface area contributed by atoms with Crippen LogP contribution in [0.3, 0.4) is 0 Å². The van der Waals surface area contributed by atoms with E-state index in [1.807, 2.05) is 0 Å². The number of rotatable bonds is 3. The number of nitrogens with zero attached hydrogens (tertiary/aromatic N) is 6. The summed E-state index contributed by atoms with van der Waals surface area (Å²) in [5.74, 6) is 0.626. The first kappa shape index (κ1) is 10.7. The third kappa shape index (κ3) is 1.91. The Morgan fingerprint density at radius 3 is 2.56 bits per heavy atom. The van der Waals surface area contributed by atoms with Gasteiger partial charge in [-0.3, -0.25) is 4.98 Å². The molecule has 0 fully saturated rings. The number of aromatic nitrogens is 6. The second-order valence-electron chi connectivity index (χ2n) is 4.25. The Morgan fingerprint density at radius 1 is 1.25 bits per heavy atom. The molecule has 2 heterocycles. The molecule has 0 radical (unpaired) electrons. The summed E-state index contributed by atoms with van der Waals surface area (Å²) in [6.07, 6.45) is 5.98. The van der Waals surface area contributed by atoms with Gasteiger partial charge in [-0.1, -0.05) is 20.8 Å². The molecule has 0 aromatic carbocycles. The molecule has 2 aromatic heterocycles. The van der Waals surface area contributed by atoms with Crippen molar-refractivity contribution in [2.75, 3.05) is 0 Å². The standard InChI is InChI=1S/C10H14N6/c1-4-10(2,3)8-5-12-9(6-11-8)16-7-13-14-15-16/h5-7H,4H2,1-3H3. The van der Waals surface area contributed by atoms with Crippen LogP contribution in [0.25, 0.3) is 5.82 Å². The van der Waals surface area contributed by atoms with Crippen LogP contribution in [0.15, 0.2) is 18.7 Å². The van der Waals surface area contributed by atoms with Gasteiger partial charge in [0.1, 0.15) is 6.33 Å². The lowest BCUT2D eigenvalue weighted by Crippen LogP contribution is -2.18. The summed E-state index contributed by atoms with van der Waals surface area (Å²) in [5.41, 5.74) is 1.03. The van der Waals surface area contributed by atoms with Crippen LogP contribution in [0, 0.1) is 0 Å². The number of tetrazole rings is 1. The Balaban J connectivity index is 2.30. The molecule has 0 N–H and O–H groups in total. The largest absolute Gasteiger partial charge is 0.255 e. The van der Waals surface area contributed by atoms with Crippen LogP contribution in [-0.4, -0.2) is 30.2 Å². The summed E-state index contributed by atoms with van der Waals surface area (Å²) in [5, 5.41) is 10.9. The van der Waals surface area contributed by atoms with E-state index in [2.05, 4.69) is 46.3 Å². The maximum Gasteiger partial charge on any atom is 0.175 e. The van der Waals surface area contributed by atoms with Gasteiger partial charge in [-0.05, 0) is 16.8 Å². The average molecular weight is 218 g/mol. The fourth-order valence-corrected chi connectivity index (χ4v) is 1.24. The second-order valence-corrected chi connectivity index (χ2v) is 4.25. The Labute approximate surface area is 93.7 Å². The summed E-state index contributed by atoms with van der Waals surface area (Å²) in [7, 11) is 0. The van der Waals surface area contributed by atoms with E-state index in [9.17, 15) is 0 Å². The highest BCUT2D eigenvalue weighted by molar-refractivity contribution is 5.19. The van der Waals surface area contributed by atoms with Crippen molar-refractivity contribution < 1.29 is 0 Å². The van der Waals surface area contributed by atoms with Crippen molar-refractivity contribution >= 4 is 0 Å². The Morgan fingerprint density at radius 2 is 2.06 bits per heavy atom. The Kier molecular flexibility index (Phi) is 2.64. The maximum absolute atomic E-state index is 4.40. The van der Waals surface area contributed by atoms with E-state index in [1.165, 1.54) is 11.0 Å². The molecule has 0 aliphatic rings.